The summed E-state index contributed by atoms with van der Waals surface area (Å²) in [6.07, 6.45) is 4.20. The van der Waals surface area contributed by atoms with Gasteiger partial charge in [-0.2, -0.15) is 0 Å². The fourth-order valence-electron chi connectivity index (χ4n) is 2.23. The molecule has 0 saturated heterocycles. The molecular weight excluding hydrogens is 214 g/mol. The van der Waals surface area contributed by atoms with Crippen LogP contribution in [0.15, 0.2) is 24.4 Å². The molecule has 0 aliphatic heterocycles. The summed E-state index contributed by atoms with van der Waals surface area (Å²) in [5.41, 5.74) is 2.73. The number of rotatable bonds is 4. The lowest BCUT2D eigenvalue weighted by Gasteiger charge is -2.00. The summed E-state index contributed by atoms with van der Waals surface area (Å²) in [5.74, 6) is -0.862. The molecule has 3 heteroatoms. The van der Waals surface area contributed by atoms with E-state index in [1.807, 2.05) is 6.07 Å². The highest BCUT2D eigenvalue weighted by atomic mass is 16.4. The number of aromatic nitrogens is 1. The molecule has 0 radical (unpaired) electrons. The molecule has 0 aliphatic rings. The molecule has 0 spiro atoms. The van der Waals surface area contributed by atoms with Crippen molar-refractivity contribution in [3.05, 3.63) is 35.5 Å². The van der Waals surface area contributed by atoms with Crippen molar-refractivity contribution < 1.29 is 9.90 Å². The number of fused-ring (bicyclic) bond motifs is 1. The van der Waals surface area contributed by atoms with Gasteiger partial charge in [0.15, 0.2) is 0 Å². The molecule has 0 fully saturated rings. The fourth-order valence-corrected chi connectivity index (χ4v) is 2.23. The Bertz CT molecular complexity index is 555. The lowest BCUT2D eigenvalue weighted by atomic mass is 10.1. The zero-order valence-electron chi connectivity index (χ0n) is 10.2. The van der Waals surface area contributed by atoms with Crippen molar-refractivity contribution in [1.29, 1.82) is 0 Å². The summed E-state index contributed by atoms with van der Waals surface area (Å²) in [6.45, 7) is 5.14. The summed E-state index contributed by atoms with van der Waals surface area (Å²) >= 11 is 0. The van der Waals surface area contributed by atoms with Gasteiger partial charge in [0.25, 0.3) is 0 Å². The molecule has 1 N–H and O–H groups in total. The Morgan fingerprint density at radius 2 is 2.12 bits per heavy atom. The maximum atomic E-state index is 11.0. The molecular formula is C14H17NO2. The van der Waals surface area contributed by atoms with Crippen molar-refractivity contribution in [2.24, 2.45) is 0 Å². The molecule has 0 saturated carbocycles. The van der Waals surface area contributed by atoms with Crippen molar-refractivity contribution in [2.45, 2.75) is 33.2 Å². The average Bonchev–Trinajstić information content (AvgIpc) is 2.67. The summed E-state index contributed by atoms with van der Waals surface area (Å²) < 4.78 is 2.17. The molecule has 0 amide bonds. The molecule has 1 aromatic heterocycles. The van der Waals surface area contributed by atoms with Gasteiger partial charge in [-0.05, 0) is 37.1 Å². The first-order valence-electron chi connectivity index (χ1n) is 6.02. The van der Waals surface area contributed by atoms with Gasteiger partial charge in [0, 0.05) is 23.6 Å². The predicted octanol–water partition coefficient (Wildman–Crippen LogP) is 3.31. The summed E-state index contributed by atoms with van der Waals surface area (Å²) in [4.78, 5) is 11.0. The Kier molecular flexibility index (Phi) is 3.18. The molecule has 1 heterocycles. The normalized spacial score (nSPS) is 10.9. The first-order valence-corrected chi connectivity index (χ1v) is 6.02. The molecule has 2 aromatic rings. The van der Waals surface area contributed by atoms with Crippen LogP contribution < -0.4 is 0 Å². The molecule has 1 aromatic carbocycles. The van der Waals surface area contributed by atoms with E-state index in [0.29, 0.717) is 5.56 Å². The van der Waals surface area contributed by atoms with Crippen LogP contribution in [0.3, 0.4) is 0 Å². The second-order valence-corrected chi connectivity index (χ2v) is 4.23. The van der Waals surface area contributed by atoms with Crippen LogP contribution in [0.5, 0.6) is 0 Å². The van der Waals surface area contributed by atoms with Crippen molar-refractivity contribution >= 4 is 16.9 Å². The Balaban J connectivity index is 2.64. The number of aryl methyl sites for hydroxylation is 2. The van der Waals surface area contributed by atoms with Gasteiger partial charge in [-0.3, -0.25) is 0 Å². The average molecular weight is 231 g/mol. The smallest absolute Gasteiger partial charge is 0.335 e. The number of carbonyl (C=O) groups is 1. The standard InChI is InChI=1S/C14H17NO2/c1-3-5-11-9-15(4-2)13-7-6-10(14(16)17)8-12(11)13/h6-9H,3-5H2,1-2H3,(H,16,17). The second-order valence-electron chi connectivity index (χ2n) is 4.23. The van der Waals surface area contributed by atoms with Gasteiger partial charge in [-0.25, -0.2) is 4.79 Å². The first-order chi connectivity index (χ1) is 8.17. The molecule has 0 unspecified atom stereocenters. The summed E-state index contributed by atoms with van der Waals surface area (Å²) in [5, 5.41) is 10.1. The third kappa shape index (κ3) is 2.05. The van der Waals surface area contributed by atoms with E-state index in [-0.39, 0.29) is 0 Å². The van der Waals surface area contributed by atoms with Crippen LogP contribution in [0.2, 0.25) is 0 Å². The number of nitrogens with zero attached hydrogens (tertiary/aromatic N) is 1. The van der Waals surface area contributed by atoms with Gasteiger partial charge in [-0.15, -0.1) is 0 Å². The van der Waals surface area contributed by atoms with Gasteiger partial charge < -0.3 is 9.67 Å². The van der Waals surface area contributed by atoms with Gasteiger partial charge in [0.05, 0.1) is 5.56 Å². The van der Waals surface area contributed by atoms with Crippen LogP contribution in [0.25, 0.3) is 10.9 Å². The highest BCUT2D eigenvalue weighted by Gasteiger charge is 2.10. The molecule has 17 heavy (non-hydrogen) atoms. The van der Waals surface area contributed by atoms with E-state index in [1.165, 1.54) is 5.56 Å². The number of hydrogen-bond donors (Lipinski definition) is 1. The van der Waals surface area contributed by atoms with E-state index in [2.05, 4.69) is 24.6 Å². The molecule has 0 atom stereocenters. The quantitative estimate of drug-likeness (QED) is 0.877. The van der Waals surface area contributed by atoms with E-state index >= 15 is 0 Å². The lowest BCUT2D eigenvalue weighted by Crippen LogP contribution is -1.96. The Labute approximate surface area is 101 Å². The van der Waals surface area contributed by atoms with Crippen molar-refractivity contribution in [1.82, 2.24) is 4.57 Å². The largest absolute Gasteiger partial charge is 0.478 e. The third-order valence-electron chi connectivity index (χ3n) is 3.07. The SMILES string of the molecule is CCCc1cn(CC)c2ccc(C(=O)O)cc12. The van der Waals surface area contributed by atoms with Crippen molar-refractivity contribution in [3.63, 3.8) is 0 Å². The minimum atomic E-state index is -0.862. The number of carboxylic acids is 1. The van der Waals surface area contributed by atoms with Gasteiger partial charge in [-0.1, -0.05) is 13.3 Å². The maximum absolute atomic E-state index is 11.0. The van der Waals surface area contributed by atoms with E-state index in [1.54, 1.807) is 12.1 Å². The minimum Gasteiger partial charge on any atom is -0.478 e. The van der Waals surface area contributed by atoms with Crippen LogP contribution in [-0.2, 0) is 13.0 Å². The van der Waals surface area contributed by atoms with E-state index in [9.17, 15) is 4.79 Å². The zero-order valence-corrected chi connectivity index (χ0v) is 10.2. The lowest BCUT2D eigenvalue weighted by molar-refractivity contribution is 0.0697. The van der Waals surface area contributed by atoms with Crippen LogP contribution in [-0.4, -0.2) is 15.6 Å². The molecule has 0 bridgehead atoms. The molecule has 90 valence electrons. The Hall–Kier alpha value is -1.77. The van der Waals surface area contributed by atoms with Crippen LogP contribution >= 0.6 is 0 Å². The number of benzene rings is 1. The Morgan fingerprint density at radius 1 is 1.35 bits per heavy atom. The third-order valence-corrected chi connectivity index (χ3v) is 3.07. The van der Waals surface area contributed by atoms with Gasteiger partial charge >= 0.3 is 5.97 Å². The zero-order chi connectivity index (χ0) is 12.4. The van der Waals surface area contributed by atoms with Crippen LogP contribution in [0.1, 0.15) is 36.2 Å². The fraction of sp³-hybridized carbons (Fsp3) is 0.357. The first kappa shape index (κ1) is 11.7. The van der Waals surface area contributed by atoms with Crippen LogP contribution in [0, 0.1) is 0 Å². The maximum Gasteiger partial charge on any atom is 0.335 e. The monoisotopic (exact) mass is 231 g/mol. The molecule has 2 rings (SSSR count). The highest BCUT2D eigenvalue weighted by Crippen LogP contribution is 2.24. The number of carboxylic acid groups (broad SMARTS) is 1. The topological polar surface area (TPSA) is 42.2 Å². The summed E-state index contributed by atoms with van der Waals surface area (Å²) in [6, 6.07) is 5.36. The van der Waals surface area contributed by atoms with Crippen molar-refractivity contribution in [3.8, 4) is 0 Å². The van der Waals surface area contributed by atoms with Gasteiger partial charge in [0.2, 0.25) is 0 Å². The Morgan fingerprint density at radius 3 is 2.71 bits per heavy atom. The van der Waals surface area contributed by atoms with E-state index in [4.69, 9.17) is 5.11 Å². The van der Waals surface area contributed by atoms with Crippen LogP contribution in [0.4, 0.5) is 0 Å². The predicted molar refractivity (Wildman–Crippen MR) is 68.6 cm³/mol. The van der Waals surface area contributed by atoms with Gasteiger partial charge in [0.1, 0.15) is 0 Å². The van der Waals surface area contributed by atoms with Crippen molar-refractivity contribution in [2.75, 3.05) is 0 Å². The summed E-state index contributed by atoms with van der Waals surface area (Å²) in [7, 11) is 0. The number of aromatic carboxylic acids is 1. The van der Waals surface area contributed by atoms with E-state index < -0.39 is 5.97 Å². The minimum absolute atomic E-state index is 0.365. The second kappa shape index (κ2) is 4.62. The van der Waals surface area contributed by atoms with E-state index in [0.717, 1.165) is 30.3 Å². The molecule has 3 nitrogen and oxygen atoms in total. The molecule has 0 aliphatic carbocycles. The number of hydrogen-bond acceptors (Lipinski definition) is 1. The highest BCUT2D eigenvalue weighted by molar-refractivity contribution is 5.95.